The lowest BCUT2D eigenvalue weighted by Crippen LogP contribution is -2.46. The topological polar surface area (TPSA) is 82.7 Å². The summed E-state index contributed by atoms with van der Waals surface area (Å²) in [6, 6.07) is 7.19. The van der Waals surface area contributed by atoms with Crippen molar-refractivity contribution in [2.45, 2.75) is 6.42 Å². The summed E-state index contributed by atoms with van der Waals surface area (Å²) >= 11 is 0. The standard InChI is InChI=1S/C15H22N4O3/c1-22-9-7-16-11-14(20)18-12-4-2-5-13(10-12)19-8-3-6-17-15(19)21/h2,4-5,10,16H,3,6-9,11H2,1H3,(H,17,21)(H,18,20). The smallest absolute Gasteiger partial charge is 0.321 e. The van der Waals surface area contributed by atoms with Crippen LogP contribution in [0.3, 0.4) is 0 Å². The number of carbonyl (C=O) groups excluding carboxylic acids is 2. The molecule has 0 aromatic heterocycles. The van der Waals surface area contributed by atoms with Crippen molar-refractivity contribution in [1.82, 2.24) is 10.6 Å². The first kappa shape index (κ1) is 16.3. The maximum atomic E-state index is 11.8. The van der Waals surface area contributed by atoms with E-state index >= 15 is 0 Å². The van der Waals surface area contributed by atoms with Crippen molar-refractivity contribution in [3.63, 3.8) is 0 Å². The minimum Gasteiger partial charge on any atom is -0.383 e. The second-order valence-electron chi connectivity index (χ2n) is 5.01. The minimum atomic E-state index is -0.128. The van der Waals surface area contributed by atoms with E-state index in [9.17, 15) is 9.59 Å². The molecule has 1 aromatic carbocycles. The van der Waals surface area contributed by atoms with Crippen molar-refractivity contribution >= 4 is 23.3 Å². The van der Waals surface area contributed by atoms with Gasteiger partial charge in [0.05, 0.1) is 13.2 Å². The van der Waals surface area contributed by atoms with Crippen LogP contribution in [0.2, 0.25) is 0 Å². The van der Waals surface area contributed by atoms with E-state index in [4.69, 9.17) is 4.74 Å². The molecular weight excluding hydrogens is 284 g/mol. The van der Waals surface area contributed by atoms with Gasteiger partial charge in [-0.3, -0.25) is 9.69 Å². The van der Waals surface area contributed by atoms with Crippen LogP contribution in [0.1, 0.15) is 6.42 Å². The molecule has 1 fully saturated rings. The predicted octanol–water partition coefficient (Wildman–Crippen LogP) is 0.781. The number of hydrogen-bond acceptors (Lipinski definition) is 4. The second kappa shape index (κ2) is 8.35. The molecule has 7 heteroatoms. The lowest BCUT2D eigenvalue weighted by Gasteiger charge is -2.27. The van der Waals surface area contributed by atoms with Crippen molar-refractivity contribution in [3.05, 3.63) is 24.3 Å². The highest BCUT2D eigenvalue weighted by molar-refractivity contribution is 5.95. The molecule has 3 N–H and O–H groups in total. The van der Waals surface area contributed by atoms with E-state index in [0.717, 1.165) is 12.1 Å². The van der Waals surface area contributed by atoms with Gasteiger partial charge in [0.25, 0.3) is 0 Å². The average molecular weight is 306 g/mol. The maximum Gasteiger partial charge on any atom is 0.321 e. The SMILES string of the molecule is COCCNCC(=O)Nc1cccc(N2CCCNC2=O)c1. The molecule has 0 unspecified atom stereocenters. The van der Waals surface area contributed by atoms with Crippen LogP contribution in [-0.4, -0.2) is 51.8 Å². The number of benzene rings is 1. The van der Waals surface area contributed by atoms with Gasteiger partial charge in [-0.25, -0.2) is 4.79 Å². The van der Waals surface area contributed by atoms with Crippen LogP contribution in [0.25, 0.3) is 0 Å². The summed E-state index contributed by atoms with van der Waals surface area (Å²) in [5, 5.41) is 8.60. The molecule has 1 aliphatic rings. The summed E-state index contributed by atoms with van der Waals surface area (Å²) in [5.41, 5.74) is 1.46. The Kier molecular flexibility index (Phi) is 6.17. The number of ether oxygens (including phenoxy) is 1. The quantitative estimate of drug-likeness (QED) is 0.650. The fraction of sp³-hybridized carbons (Fsp3) is 0.467. The molecule has 0 bridgehead atoms. The zero-order chi connectivity index (χ0) is 15.8. The van der Waals surface area contributed by atoms with Crippen LogP contribution in [0.15, 0.2) is 24.3 Å². The molecule has 0 aliphatic carbocycles. The Bertz CT molecular complexity index is 521. The number of anilines is 2. The zero-order valence-corrected chi connectivity index (χ0v) is 12.7. The number of carbonyl (C=O) groups is 2. The molecule has 3 amide bonds. The monoisotopic (exact) mass is 306 g/mol. The van der Waals surface area contributed by atoms with Gasteiger partial charge in [-0.2, -0.15) is 0 Å². The summed E-state index contributed by atoms with van der Waals surface area (Å²) in [5.74, 6) is -0.128. The van der Waals surface area contributed by atoms with E-state index in [1.807, 2.05) is 12.1 Å². The van der Waals surface area contributed by atoms with Gasteiger partial charge < -0.3 is 20.7 Å². The first-order valence-corrected chi connectivity index (χ1v) is 7.35. The van der Waals surface area contributed by atoms with Crippen LogP contribution in [0, 0.1) is 0 Å². The predicted molar refractivity (Wildman–Crippen MR) is 85.2 cm³/mol. The molecule has 0 spiro atoms. The molecule has 0 saturated carbocycles. The van der Waals surface area contributed by atoms with Crippen molar-refractivity contribution < 1.29 is 14.3 Å². The summed E-state index contributed by atoms with van der Waals surface area (Å²) in [6.45, 7) is 2.79. The summed E-state index contributed by atoms with van der Waals surface area (Å²) < 4.78 is 4.90. The molecule has 0 atom stereocenters. The Morgan fingerprint density at radius 1 is 1.45 bits per heavy atom. The van der Waals surface area contributed by atoms with E-state index < -0.39 is 0 Å². The maximum absolute atomic E-state index is 11.8. The van der Waals surface area contributed by atoms with Gasteiger partial charge >= 0.3 is 6.03 Å². The number of nitrogens with zero attached hydrogens (tertiary/aromatic N) is 1. The van der Waals surface area contributed by atoms with Crippen LogP contribution in [0.5, 0.6) is 0 Å². The molecule has 0 radical (unpaired) electrons. The number of hydrogen-bond donors (Lipinski definition) is 3. The van der Waals surface area contributed by atoms with Crippen LogP contribution < -0.4 is 20.9 Å². The first-order valence-electron chi connectivity index (χ1n) is 7.35. The molecule has 1 heterocycles. The Morgan fingerprint density at radius 2 is 2.32 bits per heavy atom. The van der Waals surface area contributed by atoms with E-state index in [2.05, 4.69) is 16.0 Å². The van der Waals surface area contributed by atoms with Gasteiger partial charge in [0.1, 0.15) is 0 Å². The first-order chi connectivity index (χ1) is 10.7. The lowest BCUT2D eigenvalue weighted by molar-refractivity contribution is -0.115. The van der Waals surface area contributed by atoms with Gasteiger partial charge in [-0.15, -0.1) is 0 Å². The van der Waals surface area contributed by atoms with Gasteiger partial charge in [-0.1, -0.05) is 6.07 Å². The van der Waals surface area contributed by atoms with E-state index in [0.29, 0.717) is 31.9 Å². The molecule has 22 heavy (non-hydrogen) atoms. The van der Waals surface area contributed by atoms with Crippen molar-refractivity contribution in [2.24, 2.45) is 0 Å². The van der Waals surface area contributed by atoms with E-state index in [1.165, 1.54) is 0 Å². The highest BCUT2D eigenvalue weighted by Crippen LogP contribution is 2.21. The van der Waals surface area contributed by atoms with Crippen molar-refractivity contribution in [2.75, 3.05) is 50.1 Å². The van der Waals surface area contributed by atoms with Gasteiger partial charge in [0.15, 0.2) is 0 Å². The summed E-state index contributed by atoms with van der Waals surface area (Å²) in [4.78, 5) is 25.3. The third-order valence-electron chi connectivity index (χ3n) is 3.29. The number of rotatable bonds is 7. The number of nitrogens with one attached hydrogen (secondary N) is 3. The van der Waals surface area contributed by atoms with E-state index in [-0.39, 0.29) is 18.5 Å². The Hall–Kier alpha value is -2.12. The molecule has 2 rings (SSSR count). The van der Waals surface area contributed by atoms with Crippen molar-refractivity contribution in [1.29, 1.82) is 0 Å². The van der Waals surface area contributed by atoms with Gasteiger partial charge in [-0.05, 0) is 24.6 Å². The fourth-order valence-corrected chi connectivity index (χ4v) is 2.21. The van der Waals surface area contributed by atoms with Crippen molar-refractivity contribution in [3.8, 4) is 0 Å². The molecule has 7 nitrogen and oxygen atoms in total. The number of urea groups is 1. The third kappa shape index (κ3) is 4.71. The molecule has 120 valence electrons. The number of amides is 3. The highest BCUT2D eigenvalue weighted by atomic mass is 16.5. The Labute approximate surface area is 130 Å². The Balaban J connectivity index is 1.90. The third-order valence-corrected chi connectivity index (χ3v) is 3.29. The molecule has 1 aliphatic heterocycles. The Morgan fingerprint density at radius 3 is 3.09 bits per heavy atom. The summed E-state index contributed by atoms with van der Waals surface area (Å²) in [7, 11) is 1.62. The van der Waals surface area contributed by atoms with Gasteiger partial charge in [0, 0.05) is 38.1 Å². The minimum absolute atomic E-state index is 0.101. The highest BCUT2D eigenvalue weighted by Gasteiger charge is 2.19. The molecular formula is C15H22N4O3. The lowest BCUT2D eigenvalue weighted by atomic mass is 10.2. The molecule has 1 saturated heterocycles. The largest absolute Gasteiger partial charge is 0.383 e. The van der Waals surface area contributed by atoms with Crippen LogP contribution in [0.4, 0.5) is 16.2 Å². The fourth-order valence-electron chi connectivity index (χ4n) is 2.21. The normalized spacial score (nSPS) is 14.6. The average Bonchev–Trinajstić information content (AvgIpc) is 2.52. The zero-order valence-electron chi connectivity index (χ0n) is 12.7. The van der Waals surface area contributed by atoms with Gasteiger partial charge in [0.2, 0.25) is 5.91 Å². The van der Waals surface area contributed by atoms with E-state index in [1.54, 1.807) is 24.1 Å². The molecule has 1 aromatic rings. The van der Waals surface area contributed by atoms with Crippen LogP contribution in [-0.2, 0) is 9.53 Å². The summed E-state index contributed by atoms with van der Waals surface area (Å²) in [6.07, 6.45) is 0.908. The number of methoxy groups -OCH3 is 1. The second-order valence-corrected chi connectivity index (χ2v) is 5.01. The van der Waals surface area contributed by atoms with Crippen LogP contribution >= 0.6 is 0 Å².